The summed E-state index contributed by atoms with van der Waals surface area (Å²) in [5.41, 5.74) is 0.742. The molecule has 1 aromatic rings. The number of carbonyl (C=O) groups excluding carboxylic acids is 1. The number of hydrogen-bond donors (Lipinski definition) is 1. The van der Waals surface area contributed by atoms with E-state index in [1.807, 2.05) is 0 Å². The molecule has 1 aliphatic rings. The van der Waals surface area contributed by atoms with Crippen LogP contribution < -0.4 is 4.90 Å². The first-order valence-electron chi connectivity index (χ1n) is 7.24. The summed E-state index contributed by atoms with van der Waals surface area (Å²) in [6, 6.07) is 4.54. The van der Waals surface area contributed by atoms with E-state index in [4.69, 9.17) is 5.11 Å². The third-order valence-corrected chi connectivity index (χ3v) is 3.92. The van der Waals surface area contributed by atoms with Gasteiger partial charge in [-0.2, -0.15) is 0 Å². The van der Waals surface area contributed by atoms with E-state index in [-0.39, 0.29) is 18.7 Å². The summed E-state index contributed by atoms with van der Waals surface area (Å²) in [4.78, 5) is 35.0. The molecule has 0 radical (unpaired) electrons. The maximum atomic E-state index is 11.3. The van der Waals surface area contributed by atoms with Gasteiger partial charge in [-0.25, -0.2) is 0 Å². The lowest BCUT2D eigenvalue weighted by molar-refractivity contribution is -0.384. The van der Waals surface area contributed by atoms with Gasteiger partial charge >= 0.3 is 11.9 Å². The summed E-state index contributed by atoms with van der Waals surface area (Å²) in [5, 5.41) is 20.5. The predicted molar refractivity (Wildman–Crippen MR) is 81.4 cm³/mol. The number of aliphatic carboxylic acids is 1. The Hall–Kier alpha value is -2.64. The standard InChI is InChI=1S/C15H18N2O6/c1-23-14(18)8-10-4-5-12(13(7-10)17(21)22)16-6-2-3-11(9-16)15(19)20/h4-5,7,11H,2-3,6,8-9H2,1H3,(H,19,20). The molecule has 0 bridgehead atoms. The van der Waals surface area contributed by atoms with Gasteiger partial charge in [-0.1, -0.05) is 6.07 Å². The van der Waals surface area contributed by atoms with Crippen LogP contribution in [0.2, 0.25) is 0 Å². The van der Waals surface area contributed by atoms with E-state index in [1.54, 1.807) is 17.0 Å². The summed E-state index contributed by atoms with van der Waals surface area (Å²) < 4.78 is 4.56. The second-order valence-electron chi connectivity index (χ2n) is 5.46. The molecule has 0 spiro atoms. The monoisotopic (exact) mass is 322 g/mol. The molecule has 1 N–H and O–H groups in total. The van der Waals surface area contributed by atoms with Gasteiger partial charge < -0.3 is 14.7 Å². The van der Waals surface area contributed by atoms with Crippen LogP contribution in [0.15, 0.2) is 18.2 Å². The quantitative estimate of drug-likeness (QED) is 0.498. The van der Waals surface area contributed by atoms with Gasteiger partial charge in [0.05, 0.1) is 24.4 Å². The van der Waals surface area contributed by atoms with Gasteiger partial charge in [0.1, 0.15) is 5.69 Å². The van der Waals surface area contributed by atoms with E-state index in [0.717, 1.165) is 0 Å². The lowest BCUT2D eigenvalue weighted by Crippen LogP contribution is -2.39. The van der Waals surface area contributed by atoms with Crippen molar-refractivity contribution in [1.29, 1.82) is 0 Å². The van der Waals surface area contributed by atoms with Crippen molar-refractivity contribution in [3.63, 3.8) is 0 Å². The van der Waals surface area contributed by atoms with Crippen LogP contribution in [0.5, 0.6) is 0 Å². The topological polar surface area (TPSA) is 110 Å². The largest absolute Gasteiger partial charge is 0.481 e. The fraction of sp³-hybridized carbons (Fsp3) is 0.467. The zero-order chi connectivity index (χ0) is 17.0. The van der Waals surface area contributed by atoms with Gasteiger partial charge in [0.25, 0.3) is 5.69 Å². The lowest BCUT2D eigenvalue weighted by atomic mass is 9.97. The number of rotatable bonds is 5. The number of hydrogen-bond acceptors (Lipinski definition) is 6. The third-order valence-electron chi connectivity index (χ3n) is 3.92. The van der Waals surface area contributed by atoms with Crippen LogP contribution in [0.4, 0.5) is 11.4 Å². The van der Waals surface area contributed by atoms with Gasteiger partial charge in [0, 0.05) is 19.2 Å². The molecule has 8 heteroatoms. The molecule has 1 heterocycles. The van der Waals surface area contributed by atoms with Crippen LogP contribution in [0.3, 0.4) is 0 Å². The van der Waals surface area contributed by atoms with Crippen molar-refractivity contribution in [2.24, 2.45) is 5.92 Å². The normalized spacial score (nSPS) is 17.6. The average molecular weight is 322 g/mol. The lowest BCUT2D eigenvalue weighted by Gasteiger charge is -2.32. The van der Waals surface area contributed by atoms with E-state index < -0.39 is 22.8 Å². The Balaban J connectivity index is 2.28. The van der Waals surface area contributed by atoms with Crippen molar-refractivity contribution in [3.8, 4) is 0 Å². The summed E-state index contributed by atoms with van der Waals surface area (Å²) in [5.74, 6) is -1.89. The molecule has 2 rings (SSSR count). The van der Waals surface area contributed by atoms with E-state index in [2.05, 4.69) is 4.74 Å². The highest BCUT2D eigenvalue weighted by Crippen LogP contribution is 2.32. The number of nitrogens with zero attached hydrogens (tertiary/aromatic N) is 2. The summed E-state index contributed by atoms with van der Waals surface area (Å²) >= 11 is 0. The molecule has 1 atom stereocenters. The second kappa shape index (κ2) is 7.08. The van der Waals surface area contributed by atoms with Gasteiger partial charge in [0.2, 0.25) is 0 Å². The minimum atomic E-state index is -0.889. The zero-order valence-corrected chi connectivity index (χ0v) is 12.7. The first kappa shape index (κ1) is 16.7. The fourth-order valence-electron chi connectivity index (χ4n) is 2.73. The summed E-state index contributed by atoms with van der Waals surface area (Å²) in [6.07, 6.45) is 1.19. The van der Waals surface area contributed by atoms with Crippen molar-refractivity contribution in [1.82, 2.24) is 0 Å². The zero-order valence-electron chi connectivity index (χ0n) is 12.7. The van der Waals surface area contributed by atoms with Crippen LogP contribution in [-0.4, -0.2) is 42.2 Å². The Morgan fingerprint density at radius 1 is 1.48 bits per heavy atom. The first-order valence-corrected chi connectivity index (χ1v) is 7.24. The van der Waals surface area contributed by atoms with Crippen LogP contribution in [-0.2, 0) is 20.7 Å². The summed E-state index contributed by atoms with van der Waals surface area (Å²) in [6.45, 7) is 0.813. The van der Waals surface area contributed by atoms with Gasteiger partial charge in [0.15, 0.2) is 0 Å². The highest BCUT2D eigenvalue weighted by atomic mass is 16.6. The molecule has 0 amide bonds. The van der Waals surface area contributed by atoms with Crippen LogP contribution in [0.25, 0.3) is 0 Å². The van der Waals surface area contributed by atoms with Crippen LogP contribution >= 0.6 is 0 Å². The van der Waals surface area contributed by atoms with Crippen molar-refractivity contribution < 1.29 is 24.4 Å². The second-order valence-corrected chi connectivity index (χ2v) is 5.46. The Bertz CT molecular complexity index is 630. The number of carbonyl (C=O) groups is 2. The van der Waals surface area contributed by atoms with Gasteiger partial charge in [-0.15, -0.1) is 0 Å². The number of carboxylic acids is 1. The van der Waals surface area contributed by atoms with E-state index in [1.165, 1.54) is 13.2 Å². The smallest absolute Gasteiger partial charge is 0.309 e. The Labute approximate surface area is 132 Å². The fourth-order valence-corrected chi connectivity index (χ4v) is 2.73. The number of anilines is 1. The molecular formula is C15H18N2O6. The van der Waals surface area contributed by atoms with Crippen molar-refractivity contribution >= 4 is 23.3 Å². The van der Waals surface area contributed by atoms with Crippen molar-refractivity contribution in [2.45, 2.75) is 19.3 Å². The molecule has 0 aliphatic carbocycles. The molecule has 1 aliphatic heterocycles. The summed E-state index contributed by atoms with van der Waals surface area (Å²) in [7, 11) is 1.25. The SMILES string of the molecule is COC(=O)Cc1ccc(N2CCCC(C(=O)O)C2)c([N+](=O)[O-])c1. The molecule has 8 nitrogen and oxygen atoms in total. The number of nitro groups is 1. The molecule has 0 aromatic heterocycles. The number of nitro benzene ring substituents is 1. The van der Waals surface area contributed by atoms with E-state index >= 15 is 0 Å². The Kier molecular flexibility index (Phi) is 5.15. The molecule has 124 valence electrons. The third kappa shape index (κ3) is 3.97. The number of carboxylic acid groups (broad SMARTS) is 1. The minimum absolute atomic E-state index is 0.0463. The molecular weight excluding hydrogens is 304 g/mol. The number of methoxy groups -OCH3 is 1. The molecule has 1 unspecified atom stereocenters. The Morgan fingerprint density at radius 2 is 2.22 bits per heavy atom. The highest BCUT2D eigenvalue weighted by molar-refractivity contribution is 5.75. The molecule has 23 heavy (non-hydrogen) atoms. The number of esters is 1. The van der Waals surface area contributed by atoms with Gasteiger partial charge in [-0.05, 0) is 24.5 Å². The van der Waals surface area contributed by atoms with Crippen LogP contribution in [0.1, 0.15) is 18.4 Å². The van der Waals surface area contributed by atoms with Gasteiger partial charge in [-0.3, -0.25) is 19.7 Å². The number of benzene rings is 1. The Morgan fingerprint density at radius 3 is 2.83 bits per heavy atom. The van der Waals surface area contributed by atoms with Crippen molar-refractivity contribution in [3.05, 3.63) is 33.9 Å². The minimum Gasteiger partial charge on any atom is -0.481 e. The predicted octanol–water partition coefficient (Wildman–Crippen LogP) is 1.61. The van der Waals surface area contributed by atoms with Crippen molar-refractivity contribution in [2.75, 3.05) is 25.1 Å². The molecule has 1 fully saturated rings. The molecule has 0 saturated carbocycles. The maximum absolute atomic E-state index is 11.3. The highest BCUT2D eigenvalue weighted by Gasteiger charge is 2.29. The molecule has 1 aromatic carbocycles. The number of ether oxygens (including phenoxy) is 1. The number of piperidine rings is 1. The van der Waals surface area contributed by atoms with E-state index in [9.17, 15) is 19.7 Å². The van der Waals surface area contributed by atoms with Crippen LogP contribution in [0, 0.1) is 16.0 Å². The average Bonchev–Trinajstić information content (AvgIpc) is 2.54. The first-order chi connectivity index (χ1) is 10.9. The maximum Gasteiger partial charge on any atom is 0.309 e. The van der Waals surface area contributed by atoms with E-state index in [0.29, 0.717) is 30.6 Å². The molecule has 1 saturated heterocycles.